The van der Waals surface area contributed by atoms with E-state index in [-0.39, 0.29) is 17.7 Å². The lowest BCUT2D eigenvalue weighted by Gasteiger charge is -2.30. The molecule has 0 unspecified atom stereocenters. The van der Waals surface area contributed by atoms with Crippen LogP contribution in [-0.2, 0) is 11.3 Å². The summed E-state index contributed by atoms with van der Waals surface area (Å²) in [4.78, 5) is 17.9. The molecule has 2 aromatic heterocycles. The van der Waals surface area contributed by atoms with E-state index in [4.69, 9.17) is 4.74 Å². The van der Waals surface area contributed by atoms with Crippen LogP contribution in [-0.4, -0.2) is 51.0 Å². The molecule has 2 saturated heterocycles. The average molecular weight is 424 g/mol. The van der Waals surface area contributed by atoms with Crippen molar-refractivity contribution in [1.29, 1.82) is 0 Å². The maximum atomic E-state index is 13.3. The highest BCUT2D eigenvalue weighted by atomic mass is 16.5. The third-order valence-corrected chi connectivity index (χ3v) is 6.76. The fourth-order valence-corrected chi connectivity index (χ4v) is 5.28. The van der Waals surface area contributed by atoms with Crippen molar-refractivity contribution in [3.05, 3.63) is 51.1 Å². The highest BCUT2D eigenvalue weighted by Crippen LogP contribution is 2.23. The number of ether oxygens (including phenoxy) is 1. The van der Waals surface area contributed by atoms with Gasteiger partial charge in [0.2, 0.25) is 5.82 Å². The van der Waals surface area contributed by atoms with Crippen LogP contribution in [0.4, 0.5) is 0 Å². The summed E-state index contributed by atoms with van der Waals surface area (Å²) < 4.78 is 7.70. The molecule has 0 spiro atoms. The lowest BCUT2D eigenvalue weighted by Crippen LogP contribution is -3.13. The number of rotatable bonds is 5. The standard InChI is InChI=1S/C23H30N6O2/c1-15-11-16(2)20-17(12-15)13-19(23(30)24-20)21(28-8-4-3-5-9-28)22-25-26-27-29(22)14-18-7-6-10-31-18/h11-13,18,21H,3-10,14H2,1-2H3,(H,24,30)/p+1/t18-,21-/m1/s1. The Morgan fingerprint density at radius 3 is 2.81 bits per heavy atom. The molecule has 2 atom stereocenters. The number of aromatic nitrogens is 5. The first-order chi connectivity index (χ1) is 15.1. The summed E-state index contributed by atoms with van der Waals surface area (Å²) in [6.07, 6.45) is 5.79. The van der Waals surface area contributed by atoms with E-state index in [0.29, 0.717) is 6.54 Å². The maximum absolute atomic E-state index is 13.3. The Balaban J connectivity index is 1.62. The topological polar surface area (TPSA) is 90.1 Å². The lowest BCUT2D eigenvalue weighted by atomic mass is 9.99. The van der Waals surface area contributed by atoms with Crippen LogP contribution in [0.15, 0.2) is 23.0 Å². The molecule has 31 heavy (non-hydrogen) atoms. The molecule has 4 heterocycles. The molecule has 0 bridgehead atoms. The quantitative estimate of drug-likeness (QED) is 0.649. The smallest absolute Gasteiger partial charge is 0.258 e. The van der Waals surface area contributed by atoms with Crippen molar-refractivity contribution in [3.8, 4) is 0 Å². The van der Waals surface area contributed by atoms with Gasteiger partial charge < -0.3 is 14.6 Å². The predicted molar refractivity (Wildman–Crippen MR) is 117 cm³/mol. The Bertz CT molecular complexity index is 1120. The molecule has 5 rings (SSSR count). The Hall–Kier alpha value is -2.58. The number of fused-ring (bicyclic) bond motifs is 1. The monoisotopic (exact) mass is 423 g/mol. The van der Waals surface area contributed by atoms with Gasteiger partial charge in [-0.15, -0.1) is 5.10 Å². The van der Waals surface area contributed by atoms with Gasteiger partial charge >= 0.3 is 0 Å². The molecular weight excluding hydrogens is 392 g/mol. The average Bonchev–Trinajstić information content (AvgIpc) is 3.43. The van der Waals surface area contributed by atoms with Gasteiger partial charge in [-0.25, -0.2) is 4.68 Å². The van der Waals surface area contributed by atoms with E-state index in [0.717, 1.165) is 73.2 Å². The Morgan fingerprint density at radius 1 is 1.19 bits per heavy atom. The summed E-state index contributed by atoms with van der Waals surface area (Å²) in [5.74, 6) is 0.765. The van der Waals surface area contributed by atoms with Crippen molar-refractivity contribution in [1.82, 2.24) is 25.2 Å². The van der Waals surface area contributed by atoms with Crippen molar-refractivity contribution in [2.75, 3.05) is 19.7 Å². The number of hydrogen-bond donors (Lipinski definition) is 2. The van der Waals surface area contributed by atoms with Crippen LogP contribution in [0.25, 0.3) is 10.9 Å². The zero-order valence-electron chi connectivity index (χ0n) is 18.4. The lowest BCUT2D eigenvalue weighted by molar-refractivity contribution is -0.931. The van der Waals surface area contributed by atoms with Crippen LogP contribution in [0.2, 0.25) is 0 Å². The zero-order chi connectivity index (χ0) is 21.4. The van der Waals surface area contributed by atoms with Gasteiger partial charge in [0.05, 0.1) is 36.8 Å². The molecule has 2 aliphatic rings. The summed E-state index contributed by atoms with van der Waals surface area (Å²) >= 11 is 0. The summed E-state index contributed by atoms with van der Waals surface area (Å²) in [7, 11) is 0. The first kappa shape index (κ1) is 20.3. The summed E-state index contributed by atoms with van der Waals surface area (Å²) in [5.41, 5.74) is 3.88. The number of hydrogen-bond acceptors (Lipinski definition) is 5. The van der Waals surface area contributed by atoms with E-state index in [1.807, 2.05) is 11.6 Å². The molecule has 1 aromatic carbocycles. The number of benzene rings is 1. The Labute approximate surface area is 181 Å². The van der Waals surface area contributed by atoms with E-state index in [1.54, 1.807) is 0 Å². The highest BCUT2D eigenvalue weighted by Gasteiger charge is 2.35. The Kier molecular flexibility index (Phi) is 5.58. The van der Waals surface area contributed by atoms with Gasteiger partial charge in [0.1, 0.15) is 0 Å². The van der Waals surface area contributed by atoms with Crippen molar-refractivity contribution < 1.29 is 9.64 Å². The van der Waals surface area contributed by atoms with Crippen LogP contribution in [0.3, 0.4) is 0 Å². The number of aromatic amines is 1. The third-order valence-electron chi connectivity index (χ3n) is 6.76. The third kappa shape index (κ3) is 4.02. The number of aryl methyl sites for hydroxylation is 2. The van der Waals surface area contributed by atoms with Crippen molar-refractivity contribution in [2.24, 2.45) is 0 Å². The van der Waals surface area contributed by atoms with E-state index < -0.39 is 0 Å². The van der Waals surface area contributed by atoms with E-state index in [1.165, 1.54) is 16.9 Å². The second-order valence-electron chi connectivity index (χ2n) is 9.11. The minimum Gasteiger partial charge on any atom is -0.376 e. The number of quaternary nitrogens is 1. The van der Waals surface area contributed by atoms with Gasteiger partial charge in [-0.1, -0.05) is 11.6 Å². The second kappa shape index (κ2) is 8.51. The minimum atomic E-state index is -0.189. The van der Waals surface area contributed by atoms with E-state index >= 15 is 0 Å². The molecule has 0 amide bonds. The Morgan fingerprint density at radius 2 is 2.03 bits per heavy atom. The molecule has 0 saturated carbocycles. The molecule has 2 aliphatic heterocycles. The first-order valence-electron chi connectivity index (χ1n) is 11.5. The summed E-state index contributed by atoms with van der Waals surface area (Å²) in [5, 5.41) is 13.8. The van der Waals surface area contributed by atoms with Crippen LogP contribution in [0.1, 0.15) is 60.7 Å². The van der Waals surface area contributed by atoms with Gasteiger partial charge in [-0.3, -0.25) is 4.79 Å². The van der Waals surface area contributed by atoms with E-state index in [2.05, 4.69) is 45.6 Å². The number of piperidine rings is 1. The zero-order valence-corrected chi connectivity index (χ0v) is 18.4. The summed E-state index contributed by atoms with van der Waals surface area (Å²) in [6, 6.07) is 6.12. The largest absolute Gasteiger partial charge is 0.376 e. The SMILES string of the molecule is Cc1cc(C)c2[nH]c(=O)c([C@H](c3nnnn3C[C@H]3CCCO3)[NH+]3CCCCC3)cc2c1. The van der Waals surface area contributed by atoms with Crippen LogP contribution in [0.5, 0.6) is 0 Å². The molecular formula is C23H31N6O2+. The van der Waals surface area contributed by atoms with Gasteiger partial charge in [0.15, 0.2) is 6.04 Å². The number of pyridine rings is 1. The molecule has 0 radical (unpaired) electrons. The molecule has 0 aliphatic carbocycles. The minimum absolute atomic E-state index is 0.0470. The van der Waals surface area contributed by atoms with Gasteiger partial charge in [-0.2, -0.15) is 0 Å². The van der Waals surface area contributed by atoms with Crippen LogP contribution < -0.4 is 10.5 Å². The van der Waals surface area contributed by atoms with Gasteiger partial charge in [-0.05, 0) is 79.5 Å². The molecule has 2 N–H and O–H groups in total. The molecule has 2 fully saturated rings. The predicted octanol–water partition coefficient (Wildman–Crippen LogP) is 1.47. The molecule has 3 aromatic rings. The normalized spacial score (nSPS) is 21.0. The summed E-state index contributed by atoms with van der Waals surface area (Å²) in [6.45, 7) is 7.60. The highest BCUT2D eigenvalue weighted by molar-refractivity contribution is 5.83. The first-order valence-corrected chi connectivity index (χ1v) is 11.5. The second-order valence-corrected chi connectivity index (χ2v) is 9.11. The van der Waals surface area contributed by atoms with Crippen molar-refractivity contribution >= 4 is 10.9 Å². The van der Waals surface area contributed by atoms with Crippen LogP contribution >= 0.6 is 0 Å². The van der Waals surface area contributed by atoms with Gasteiger partial charge in [0, 0.05) is 6.61 Å². The van der Waals surface area contributed by atoms with Crippen LogP contribution in [0, 0.1) is 13.8 Å². The molecule has 8 nitrogen and oxygen atoms in total. The number of nitrogens with zero attached hydrogens (tertiary/aromatic N) is 4. The van der Waals surface area contributed by atoms with E-state index in [9.17, 15) is 4.79 Å². The number of H-pyrrole nitrogens is 1. The molecule has 8 heteroatoms. The number of likely N-dealkylation sites (tertiary alicyclic amines) is 1. The maximum Gasteiger partial charge on any atom is 0.258 e. The molecule has 164 valence electrons. The fourth-order valence-electron chi connectivity index (χ4n) is 5.28. The van der Waals surface area contributed by atoms with Gasteiger partial charge in [0.25, 0.3) is 5.56 Å². The van der Waals surface area contributed by atoms with Crippen molar-refractivity contribution in [2.45, 2.75) is 64.6 Å². The fraction of sp³-hybridized carbons (Fsp3) is 0.565. The number of tetrazole rings is 1. The van der Waals surface area contributed by atoms with Crippen molar-refractivity contribution in [3.63, 3.8) is 0 Å². The number of nitrogens with one attached hydrogen (secondary N) is 2.